The van der Waals surface area contributed by atoms with Crippen LogP contribution < -0.4 is 4.90 Å². The second-order valence-corrected chi connectivity index (χ2v) is 6.95. The number of amides is 1. The summed E-state index contributed by atoms with van der Waals surface area (Å²) in [7, 11) is 1.57. The molecule has 0 aromatic heterocycles. The number of nitrogens with zero attached hydrogens (tertiary/aromatic N) is 1. The van der Waals surface area contributed by atoms with Gasteiger partial charge in [0, 0.05) is 30.0 Å². The molecule has 0 saturated carbocycles. The van der Waals surface area contributed by atoms with Gasteiger partial charge in [0.25, 0.3) is 5.91 Å². The minimum Gasteiger partial charge on any atom is -0.478 e. The molecule has 158 valence electrons. The molecule has 1 amide bonds. The molecule has 0 aliphatic heterocycles. The predicted molar refractivity (Wildman–Crippen MR) is 122 cm³/mol. The van der Waals surface area contributed by atoms with E-state index in [1.807, 2.05) is 79.7 Å². The summed E-state index contributed by atoms with van der Waals surface area (Å²) in [5, 5.41) is 9.10. The third-order valence-corrected chi connectivity index (χ3v) is 4.98. The Morgan fingerprint density at radius 2 is 1.48 bits per heavy atom. The molecule has 5 heteroatoms. The first-order valence-electron chi connectivity index (χ1n) is 10.1. The van der Waals surface area contributed by atoms with Gasteiger partial charge in [0.1, 0.15) is 0 Å². The van der Waals surface area contributed by atoms with Gasteiger partial charge in [-0.05, 0) is 41.8 Å². The van der Waals surface area contributed by atoms with Gasteiger partial charge in [-0.3, -0.25) is 9.69 Å². The zero-order chi connectivity index (χ0) is 22.2. The largest absolute Gasteiger partial charge is 0.478 e. The van der Waals surface area contributed by atoms with Gasteiger partial charge >= 0.3 is 5.97 Å². The Bertz CT molecular complexity index is 1040. The maximum Gasteiger partial charge on any atom is 0.328 e. The van der Waals surface area contributed by atoms with Crippen LogP contribution in [0.3, 0.4) is 0 Å². The molecule has 1 unspecified atom stereocenters. The van der Waals surface area contributed by atoms with Gasteiger partial charge in [-0.15, -0.1) is 0 Å². The van der Waals surface area contributed by atoms with Gasteiger partial charge in [0.2, 0.25) is 0 Å². The summed E-state index contributed by atoms with van der Waals surface area (Å²) in [6.07, 6.45) is 1.17. The Kier molecular flexibility index (Phi) is 7.35. The van der Waals surface area contributed by atoms with Gasteiger partial charge in [-0.25, -0.2) is 4.79 Å². The molecule has 0 fully saturated rings. The lowest BCUT2D eigenvalue weighted by Crippen LogP contribution is -2.36. The van der Waals surface area contributed by atoms with Crippen LogP contribution in [-0.4, -0.2) is 24.1 Å². The van der Waals surface area contributed by atoms with Crippen molar-refractivity contribution in [2.24, 2.45) is 0 Å². The zero-order valence-corrected chi connectivity index (χ0v) is 17.6. The smallest absolute Gasteiger partial charge is 0.328 e. The van der Waals surface area contributed by atoms with Crippen LogP contribution in [0.5, 0.6) is 0 Å². The highest BCUT2D eigenvalue weighted by Crippen LogP contribution is 2.31. The van der Waals surface area contributed by atoms with Crippen molar-refractivity contribution in [3.63, 3.8) is 0 Å². The number of carboxylic acids is 1. The third-order valence-electron chi connectivity index (χ3n) is 4.98. The quantitative estimate of drug-likeness (QED) is 0.387. The lowest BCUT2D eigenvalue weighted by molar-refractivity contribution is -0.131. The molecule has 0 aliphatic rings. The molecule has 1 atom stereocenters. The van der Waals surface area contributed by atoms with Crippen LogP contribution in [0.25, 0.3) is 5.57 Å². The van der Waals surface area contributed by atoms with Crippen molar-refractivity contribution in [3.8, 4) is 0 Å². The molecule has 3 aromatic carbocycles. The molecule has 3 rings (SSSR count). The average Bonchev–Trinajstić information content (AvgIpc) is 2.81. The minimum absolute atomic E-state index is 0.194. The monoisotopic (exact) mass is 415 g/mol. The number of hydrogen-bond donors (Lipinski definition) is 1. The summed E-state index contributed by atoms with van der Waals surface area (Å²) in [5.41, 5.74) is 3.56. The highest BCUT2D eigenvalue weighted by atomic mass is 16.5. The van der Waals surface area contributed by atoms with Crippen LogP contribution in [0.2, 0.25) is 0 Å². The number of carboxylic acid groups (broad SMARTS) is 1. The molecule has 1 N–H and O–H groups in total. The molecule has 0 bridgehead atoms. The standard InChI is InChI=1S/C26H25NO4/c1-3-19(18-24(28)29)20-14-16-23(17-15-20)27(25(30)21-10-6-4-7-11-21)26(31-2)22-12-8-5-9-13-22/h4-18,26H,3H2,1-2H3,(H,28,29)/b19-18+. The van der Waals surface area contributed by atoms with Crippen molar-refractivity contribution in [3.05, 3.63) is 108 Å². The van der Waals surface area contributed by atoms with E-state index in [2.05, 4.69) is 0 Å². The molecular formula is C26H25NO4. The van der Waals surface area contributed by atoms with E-state index in [0.717, 1.165) is 11.1 Å². The van der Waals surface area contributed by atoms with Crippen LogP contribution >= 0.6 is 0 Å². The Morgan fingerprint density at radius 3 is 2.00 bits per heavy atom. The molecule has 0 heterocycles. The number of anilines is 1. The van der Waals surface area contributed by atoms with Crippen LogP contribution in [0.1, 0.15) is 41.1 Å². The number of aliphatic carboxylic acids is 1. The SMILES string of the molecule is CC/C(=C\C(=O)O)c1ccc(N(C(=O)c2ccccc2)C(OC)c2ccccc2)cc1. The fraction of sp³-hybridized carbons (Fsp3) is 0.154. The van der Waals surface area contributed by atoms with Crippen molar-refractivity contribution < 1.29 is 19.4 Å². The summed E-state index contributed by atoms with van der Waals surface area (Å²) >= 11 is 0. The minimum atomic E-state index is -0.981. The average molecular weight is 415 g/mol. The number of hydrogen-bond acceptors (Lipinski definition) is 3. The Hall–Kier alpha value is -3.70. The number of benzene rings is 3. The zero-order valence-electron chi connectivity index (χ0n) is 17.6. The second-order valence-electron chi connectivity index (χ2n) is 6.95. The maximum atomic E-state index is 13.5. The molecule has 5 nitrogen and oxygen atoms in total. The first-order chi connectivity index (χ1) is 15.0. The molecule has 0 radical (unpaired) electrons. The van der Waals surface area contributed by atoms with E-state index < -0.39 is 12.2 Å². The van der Waals surface area contributed by atoms with Crippen LogP contribution in [0.15, 0.2) is 91.0 Å². The second kappa shape index (κ2) is 10.4. The Balaban J connectivity index is 2.06. The molecule has 3 aromatic rings. The summed E-state index contributed by atoms with van der Waals surface area (Å²) in [6.45, 7) is 1.91. The molecule has 31 heavy (non-hydrogen) atoms. The summed E-state index contributed by atoms with van der Waals surface area (Å²) in [5.74, 6) is -1.17. The normalized spacial score (nSPS) is 12.3. The van der Waals surface area contributed by atoms with Gasteiger partial charge < -0.3 is 9.84 Å². The number of rotatable bonds is 8. The number of carbonyl (C=O) groups excluding carboxylic acids is 1. The highest BCUT2D eigenvalue weighted by Gasteiger charge is 2.27. The number of carbonyl (C=O) groups is 2. The highest BCUT2D eigenvalue weighted by molar-refractivity contribution is 6.06. The van der Waals surface area contributed by atoms with E-state index in [9.17, 15) is 9.59 Å². The summed E-state index contributed by atoms with van der Waals surface area (Å²) in [6, 6.07) is 25.9. The van der Waals surface area contributed by atoms with Crippen LogP contribution in [0, 0.1) is 0 Å². The maximum absolute atomic E-state index is 13.5. The van der Waals surface area contributed by atoms with Crippen molar-refractivity contribution in [2.75, 3.05) is 12.0 Å². The fourth-order valence-electron chi connectivity index (χ4n) is 3.46. The number of methoxy groups -OCH3 is 1. The lowest BCUT2D eigenvalue weighted by atomic mass is 10.0. The first-order valence-corrected chi connectivity index (χ1v) is 10.1. The molecular weight excluding hydrogens is 390 g/mol. The summed E-state index contributed by atoms with van der Waals surface area (Å²) < 4.78 is 5.76. The van der Waals surface area contributed by atoms with E-state index in [0.29, 0.717) is 23.2 Å². The predicted octanol–water partition coefficient (Wildman–Crippen LogP) is 5.56. The van der Waals surface area contributed by atoms with E-state index >= 15 is 0 Å². The molecule has 0 aliphatic carbocycles. The van der Waals surface area contributed by atoms with E-state index in [1.54, 1.807) is 24.1 Å². The topological polar surface area (TPSA) is 66.8 Å². The Labute approximate surface area is 182 Å². The van der Waals surface area contributed by atoms with Crippen LogP contribution in [-0.2, 0) is 9.53 Å². The van der Waals surface area contributed by atoms with E-state index in [4.69, 9.17) is 9.84 Å². The van der Waals surface area contributed by atoms with Gasteiger partial charge in [0.15, 0.2) is 6.23 Å². The van der Waals surface area contributed by atoms with Crippen molar-refractivity contribution in [1.29, 1.82) is 0 Å². The van der Waals surface area contributed by atoms with Crippen molar-refractivity contribution >= 4 is 23.1 Å². The molecule has 0 spiro atoms. The fourth-order valence-corrected chi connectivity index (χ4v) is 3.46. The number of ether oxygens (including phenoxy) is 1. The first kappa shape index (κ1) is 22.0. The third kappa shape index (κ3) is 5.27. The van der Waals surface area contributed by atoms with E-state index in [-0.39, 0.29) is 5.91 Å². The van der Waals surface area contributed by atoms with Gasteiger partial charge in [0.05, 0.1) is 0 Å². The Morgan fingerprint density at radius 1 is 0.903 bits per heavy atom. The van der Waals surface area contributed by atoms with Crippen LogP contribution in [0.4, 0.5) is 5.69 Å². The number of allylic oxidation sites excluding steroid dienone is 1. The van der Waals surface area contributed by atoms with Crippen molar-refractivity contribution in [1.82, 2.24) is 0 Å². The van der Waals surface area contributed by atoms with E-state index in [1.165, 1.54) is 6.08 Å². The molecule has 0 saturated heterocycles. The van der Waals surface area contributed by atoms with Crippen molar-refractivity contribution in [2.45, 2.75) is 19.6 Å². The lowest BCUT2D eigenvalue weighted by Gasteiger charge is -2.31. The van der Waals surface area contributed by atoms with Gasteiger partial charge in [-0.1, -0.05) is 67.6 Å². The van der Waals surface area contributed by atoms with Gasteiger partial charge in [-0.2, -0.15) is 0 Å². The summed E-state index contributed by atoms with van der Waals surface area (Å²) in [4.78, 5) is 26.2.